The SMILES string of the molecule is C=CCN(C(=N)NC(=N)N)N(C(=N)NC(=N)N)C1CCCCC1. The van der Waals surface area contributed by atoms with Crippen LogP contribution in [0.25, 0.3) is 0 Å². The smallest absolute Gasteiger partial charge is 0.217 e. The number of hydrazine groups is 1. The van der Waals surface area contributed by atoms with Gasteiger partial charge in [0.2, 0.25) is 11.9 Å². The van der Waals surface area contributed by atoms with Gasteiger partial charge in [-0.3, -0.25) is 32.3 Å². The molecule has 23 heavy (non-hydrogen) atoms. The van der Waals surface area contributed by atoms with E-state index in [-0.39, 0.29) is 36.4 Å². The van der Waals surface area contributed by atoms with Gasteiger partial charge in [-0.25, -0.2) is 10.0 Å². The van der Waals surface area contributed by atoms with Gasteiger partial charge in [0, 0.05) is 0 Å². The van der Waals surface area contributed by atoms with Crippen molar-refractivity contribution >= 4 is 23.8 Å². The van der Waals surface area contributed by atoms with Crippen molar-refractivity contribution in [2.24, 2.45) is 11.5 Å². The van der Waals surface area contributed by atoms with Crippen LogP contribution in [-0.2, 0) is 0 Å². The van der Waals surface area contributed by atoms with Gasteiger partial charge in [0.05, 0.1) is 12.6 Å². The van der Waals surface area contributed by atoms with E-state index in [1.807, 2.05) is 0 Å². The molecule has 0 unspecified atom stereocenters. The summed E-state index contributed by atoms with van der Waals surface area (Å²) in [5.41, 5.74) is 10.6. The monoisotopic (exact) mass is 322 g/mol. The molecule has 1 rings (SSSR count). The van der Waals surface area contributed by atoms with Gasteiger partial charge in [0.1, 0.15) is 0 Å². The zero-order valence-corrected chi connectivity index (χ0v) is 13.2. The Morgan fingerprint density at radius 2 is 1.52 bits per heavy atom. The van der Waals surface area contributed by atoms with Crippen LogP contribution in [0.2, 0.25) is 0 Å². The lowest BCUT2D eigenvalue weighted by molar-refractivity contribution is 0.0638. The predicted molar refractivity (Wildman–Crippen MR) is 91.2 cm³/mol. The van der Waals surface area contributed by atoms with E-state index in [0.717, 1.165) is 32.1 Å². The molecule has 0 aromatic carbocycles. The third-order valence-electron chi connectivity index (χ3n) is 3.48. The number of hydrogen-bond donors (Lipinski definition) is 8. The van der Waals surface area contributed by atoms with Crippen molar-refractivity contribution in [1.29, 1.82) is 21.6 Å². The number of guanidine groups is 4. The van der Waals surface area contributed by atoms with Crippen LogP contribution >= 0.6 is 0 Å². The minimum Gasteiger partial charge on any atom is -0.370 e. The normalized spacial score (nSPS) is 14.4. The second-order valence-electron chi connectivity index (χ2n) is 5.28. The zero-order chi connectivity index (χ0) is 17.4. The molecule has 0 aromatic rings. The molecule has 128 valence electrons. The maximum atomic E-state index is 8.21. The highest BCUT2D eigenvalue weighted by Crippen LogP contribution is 2.24. The Morgan fingerprint density at radius 1 is 1.00 bits per heavy atom. The molecule has 0 aromatic heterocycles. The van der Waals surface area contributed by atoms with E-state index in [0.29, 0.717) is 0 Å². The Labute approximate surface area is 135 Å². The Morgan fingerprint density at radius 3 is 2.00 bits per heavy atom. The van der Waals surface area contributed by atoms with Crippen molar-refractivity contribution in [1.82, 2.24) is 20.7 Å². The van der Waals surface area contributed by atoms with E-state index in [9.17, 15) is 0 Å². The first-order valence-electron chi connectivity index (χ1n) is 7.43. The molecule has 10 heteroatoms. The molecule has 1 fully saturated rings. The Balaban J connectivity index is 3.06. The second kappa shape index (κ2) is 8.61. The molecule has 10 nitrogen and oxygen atoms in total. The van der Waals surface area contributed by atoms with Gasteiger partial charge >= 0.3 is 0 Å². The Bertz CT molecular complexity index is 479. The molecular weight excluding hydrogens is 296 g/mol. The number of nitrogens with two attached hydrogens (primary N) is 2. The zero-order valence-electron chi connectivity index (χ0n) is 13.2. The first kappa shape index (κ1) is 18.3. The van der Waals surface area contributed by atoms with Crippen molar-refractivity contribution in [2.45, 2.75) is 38.1 Å². The number of nitrogens with one attached hydrogen (secondary N) is 6. The lowest BCUT2D eigenvalue weighted by atomic mass is 9.95. The van der Waals surface area contributed by atoms with Gasteiger partial charge < -0.3 is 11.5 Å². The van der Waals surface area contributed by atoms with Crippen LogP contribution in [0.3, 0.4) is 0 Å². The number of hydrogen-bond acceptors (Lipinski definition) is 4. The van der Waals surface area contributed by atoms with Crippen molar-refractivity contribution in [3.05, 3.63) is 12.7 Å². The Hall–Kier alpha value is -2.78. The maximum absolute atomic E-state index is 8.21. The largest absolute Gasteiger partial charge is 0.370 e. The van der Waals surface area contributed by atoms with Gasteiger partial charge in [-0.1, -0.05) is 25.3 Å². The highest BCUT2D eigenvalue weighted by molar-refractivity contribution is 5.98. The van der Waals surface area contributed by atoms with Crippen molar-refractivity contribution in [3.63, 3.8) is 0 Å². The maximum Gasteiger partial charge on any atom is 0.217 e. The van der Waals surface area contributed by atoms with Gasteiger partial charge in [0.25, 0.3) is 0 Å². The lowest BCUT2D eigenvalue weighted by Gasteiger charge is -2.43. The molecule has 0 saturated heterocycles. The van der Waals surface area contributed by atoms with Crippen LogP contribution in [0.5, 0.6) is 0 Å². The molecule has 0 amide bonds. The number of nitrogens with zero attached hydrogens (tertiary/aromatic N) is 2. The molecule has 1 aliphatic rings. The third kappa shape index (κ3) is 5.49. The first-order valence-corrected chi connectivity index (χ1v) is 7.43. The van der Waals surface area contributed by atoms with E-state index in [2.05, 4.69) is 17.2 Å². The topological polar surface area (TPSA) is 178 Å². The molecule has 0 radical (unpaired) electrons. The average Bonchev–Trinajstić information content (AvgIpc) is 2.46. The average molecular weight is 322 g/mol. The van der Waals surface area contributed by atoms with Crippen LogP contribution in [0.4, 0.5) is 0 Å². The highest BCUT2D eigenvalue weighted by atomic mass is 15.7. The van der Waals surface area contributed by atoms with E-state index in [1.54, 1.807) is 11.1 Å². The minimum absolute atomic E-state index is 0.00263. The first-order chi connectivity index (χ1) is 10.9. The third-order valence-corrected chi connectivity index (χ3v) is 3.48. The fraction of sp³-hybridized carbons (Fsp3) is 0.538. The lowest BCUT2D eigenvalue weighted by Crippen LogP contribution is -2.62. The summed E-state index contributed by atoms with van der Waals surface area (Å²) < 4.78 is 0. The summed E-state index contributed by atoms with van der Waals surface area (Å²) in [6, 6.07) is -0.00263. The second-order valence-corrected chi connectivity index (χ2v) is 5.28. The van der Waals surface area contributed by atoms with Gasteiger partial charge in [-0.2, -0.15) is 0 Å². The molecule has 0 atom stereocenters. The van der Waals surface area contributed by atoms with Gasteiger partial charge in [-0.15, -0.1) is 6.58 Å². The van der Waals surface area contributed by atoms with Crippen LogP contribution in [0.15, 0.2) is 12.7 Å². The summed E-state index contributed by atoms with van der Waals surface area (Å²) >= 11 is 0. The highest BCUT2D eigenvalue weighted by Gasteiger charge is 2.30. The Kier molecular flexibility index (Phi) is 6.84. The van der Waals surface area contributed by atoms with E-state index in [1.165, 1.54) is 5.01 Å². The standard InChI is InChI=1S/C13H26N10/c1-2-8-22(12(18)20-10(14)15)23(13(19)21-11(16)17)9-6-4-3-5-7-9/h2,9H,1,3-8H2,(H5,14,15,18,20)(H5,16,17,19,21). The molecule has 1 saturated carbocycles. The molecule has 0 aliphatic heterocycles. The van der Waals surface area contributed by atoms with Gasteiger partial charge in [-0.05, 0) is 12.8 Å². The van der Waals surface area contributed by atoms with Gasteiger partial charge in [0.15, 0.2) is 11.9 Å². The summed E-state index contributed by atoms with van der Waals surface area (Å²) in [6.45, 7) is 3.92. The van der Waals surface area contributed by atoms with E-state index >= 15 is 0 Å². The fourth-order valence-corrected chi connectivity index (χ4v) is 2.61. The summed E-state index contributed by atoms with van der Waals surface area (Å²) in [4.78, 5) is 0. The fourth-order valence-electron chi connectivity index (χ4n) is 2.61. The predicted octanol–water partition coefficient (Wildman–Crippen LogP) is -0.140. The molecule has 0 spiro atoms. The molecule has 0 bridgehead atoms. The number of rotatable bonds is 3. The molecule has 1 aliphatic carbocycles. The molecule has 10 N–H and O–H groups in total. The van der Waals surface area contributed by atoms with Crippen molar-refractivity contribution < 1.29 is 0 Å². The van der Waals surface area contributed by atoms with Crippen LogP contribution < -0.4 is 22.1 Å². The van der Waals surface area contributed by atoms with E-state index in [4.69, 9.17) is 33.1 Å². The van der Waals surface area contributed by atoms with Crippen LogP contribution in [-0.4, -0.2) is 46.4 Å². The summed E-state index contributed by atoms with van der Waals surface area (Å²) in [6.07, 6.45) is 6.52. The van der Waals surface area contributed by atoms with E-state index < -0.39 is 0 Å². The molecule has 0 heterocycles. The van der Waals surface area contributed by atoms with Crippen molar-refractivity contribution in [2.75, 3.05) is 6.54 Å². The van der Waals surface area contributed by atoms with Crippen LogP contribution in [0.1, 0.15) is 32.1 Å². The summed E-state index contributed by atoms with van der Waals surface area (Å²) in [5.74, 6) is -0.946. The summed E-state index contributed by atoms with van der Waals surface area (Å²) in [7, 11) is 0. The van der Waals surface area contributed by atoms with Crippen molar-refractivity contribution in [3.8, 4) is 0 Å². The quantitative estimate of drug-likeness (QED) is 0.155. The minimum atomic E-state index is -0.362. The molecular formula is C13H26N10. The van der Waals surface area contributed by atoms with Crippen LogP contribution in [0, 0.1) is 21.6 Å². The summed E-state index contributed by atoms with van der Waals surface area (Å²) in [5, 5.41) is 38.9.